The summed E-state index contributed by atoms with van der Waals surface area (Å²) in [6.07, 6.45) is 4.88. The van der Waals surface area contributed by atoms with Crippen LogP contribution in [0.3, 0.4) is 0 Å². The first kappa shape index (κ1) is 74.1. The molecule has 19 heteroatoms. The van der Waals surface area contributed by atoms with E-state index in [9.17, 15) is 45.7 Å². The minimum absolute atomic E-state index is 0.0146. The molecule has 0 saturated carbocycles. The van der Waals surface area contributed by atoms with Crippen LogP contribution in [0.4, 0.5) is 8.78 Å². The van der Waals surface area contributed by atoms with Gasteiger partial charge in [-0.05, 0) is 199 Å². The van der Waals surface area contributed by atoms with Crippen LogP contribution in [0.15, 0.2) is 154 Å². The van der Waals surface area contributed by atoms with Crippen LogP contribution < -0.4 is 4.74 Å². The summed E-state index contributed by atoms with van der Waals surface area (Å²) in [6.45, 7) is 24.6. The highest BCUT2D eigenvalue weighted by atomic mass is 32.2. The van der Waals surface area contributed by atoms with Crippen LogP contribution in [0.5, 0.6) is 11.5 Å². The maximum absolute atomic E-state index is 13.0. The van der Waals surface area contributed by atoms with E-state index >= 15 is 0 Å². The molecule has 4 aliphatic rings. The smallest absolute Gasteiger partial charge is 0.369 e. The second kappa shape index (κ2) is 31.6. The molecule has 3 aliphatic heterocycles. The zero-order chi connectivity index (χ0) is 67.0. The van der Waals surface area contributed by atoms with Crippen molar-refractivity contribution in [1.82, 2.24) is 0 Å². The van der Waals surface area contributed by atoms with E-state index < -0.39 is 61.3 Å². The SMILES string of the molecule is CCC(C)(C)C(=O)OC(C)C(F)(F)S(=O)(=O)[O-].CCC(C)(C)C(=O)OC1(C)CCCCc2ccccc2C1.CCC(C)(C)C(=O)OC1C2CC3C(=O)OC1C3O2.CCC(C)(C)C(=O)Oc1ccc(O)cc1.c1ccc([S+](c2ccccc2)c2ccccc2)cc1. The third kappa shape index (κ3) is 19.7. The molecule has 5 aromatic rings. The van der Waals surface area contributed by atoms with Gasteiger partial charge in [0.1, 0.15) is 23.2 Å². The second-order valence-corrected chi connectivity index (χ2v) is 29.4. The highest BCUT2D eigenvalue weighted by Crippen LogP contribution is 2.48. The van der Waals surface area contributed by atoms with Gasteiger partial charge in [0.05, 0.1) is 44.6 Å². The molecular weight excluding hydrogens is 1190 g/mol. The van der Waals surface area contributed by atoms with E-state index in [2.05, 4.69) is 127 Å². The van der Waals surface area contributed by atoms with Gasteiger partial charge in [0.25, 0.3) is 0 Å². The number of carbonyl (C=O) groups is 5. The quantitative estimate of drug-likeness (QED) is 0.0301. The molecule has 0 spiro atoms. The van der Waals surface area contributed by atoms with E-state index in [4.69, 9.17) is 28.8 Å². The van der Waals surface area contributed by atoms with Crippen molar-refractivity contribution in [2.45, 2.75) is 217 Å². The third-order valence-corrected chi connectivity index (χ3v) is 20.5. The fourth-order valence-corrected chi connectivity index (χ4v) is 12.0. The summed E-state index contributed by atoms with van der Waals surface area (Å²) in [5.74, 6) is -1.28. The molecule has 90 heavy (non-hydrogen) atoms. The number of aromatic hydroxyl groups is 1. The van der Waals surface area contributed by atoms with Gasteiger partial charge in [-0.25, -0.2) is 8.42 Å². The van der Waals surface area contributed by atoms with Crippen LogP contribution in [0.25, 0.3) is 0 Å². The minimum atomic E-state index is -5.86. The van der Waals surface area contributed by atoms with Crippen LogP contribution in [-0.2, 0) is 81.5 Å². The van der Waals surface area contributed by atoms with Gasteiger partial charge in [-0.3, -0.25) is 24.0 Å². The molecule has 0 radical (unpaired) electrons. The average Bonchev–Trinajstić information content (AvgIpc) is 1.57. The Balaban J connectivity index is 0.000000205. The summed E-state index contributed by atoms with van der Waals surface area (Å²) in [7, 11) is -5.87. The molecule has 3 saturated heterocycles. The van der Waals surface area contributed by atoms with Crippen LogP contribution in [0.2, 0.25) is 0 Å². The molecule has 2 bridgehead atoms. The monoisotopic (exact) mass is 1290 g/mol. The maximum atomic E-state index is 13.0. The number of aryl methyl sites for hydroxylation is 1. The Kier molecular flexibility index (Phi) is 26.0. The van der Waals surface area contributed by atoms with Gasteiger partial charge < -0.3 is 38.1 Å². The topological polar surface area (TPSA) is 218 Å². The van der Waals surface area contributed by atoms with E-state index in [0.29, 0.717) is 31.9 Å². The zero-order valence-corrected chi connectivity index (χ0v) is 56.2. The summed E-state index contributed by atoms with van der Waals surface area (Å²) in [5, 5.41) is 4.42. The number of benzene rings is 5. The van der Waals surface area contributed by atoms with Crippen molar-refractivity contribution in [2.75, 3.05) is 0 Å². The first-order chi connectivity index (χ1) is 42.1. The van der Waals surface area contributed by atoms with Gasteiger partial charge in [0.2, 0.25) is 0 Å². The van der Waals surface area contributed by atoms with Crippen LogP contribution in [0.1, 0.15) is 159 Å². The lowest BCUT2D eigenvalue weighted by molar-refractivity contribution is -0.170. The Hall–Kier alpha value is -6.67. The first-order valence-electron chi connectivity index (χ1n) is 30.9. The highest BCUT2D eigenvalue weighted by Gasteiger charge is 2.65. The summed E-state index contributed by atoms with van der Waals surface area (Å²) in [6, 6.07) is 46.8. The van der Waals surface area contributed by atoms with Crippen molar-refractivity contribution in [2.24, 2.45) is 27.6 Å². The van der Waals surface area contributed by atoms with Crippen LogP contribution in [0, 0.1) is 27.6 Å². The summed E-state index contributed by atoms with van der Waals surface area (Å²) >= 11 is 0. The molecule has 3 fully saturated rings. The van der Waals surface area contributed by atoms with E-state index in [1.807, 2.05) is 62.3 Å². The van der Waals surface area contributed by atoms with Crippen molar-refractivity contribution >= 4 is 50.9 Å². The van der Waals surface area contributed by atoms with Gasteiger partial charge >= 0.3 is 35.1 Å². The second-order valence-electron chi connectivity index (χ2n) is 25.9. The molecule has 0 aromatic heterocycles. The summed E-state index contributed by atoms with van der Waals surface area (Å²) < 4.78 is 88.8. The predicted molar refractivity (Wildman–Crippen MR) is 340 cm³/mol. The van der Waals surface area contributed by atoms with Crippen molar-refractivity contribution < 1.29 is 79.3 Å². The van der Waals surface area contributed by atoms with E-state index in [1.54, 1.807) is 19.1 Å². The average molecular weight is 1290 g/mol. The van der Waals surface area contributed by atoms with Crippen LogP contribution in [-0.4, -0.2) is 89.3 Å². The Morgan fingerprint density at radius 1 is 0.644 bits per heavy atom. The number of esters is 5. The van der Waals surface area contributed by atoms with E-state index in [-0.39, 0.29) is 64.2 Å². The molecular formula is C71H92F2O15S2. The van der Waals surface area contributed by atoms with E-state index in [0.717, 1.165) is 38.5 Å². The number of hydrogen-bond donors (Lipinski definition) is 1. The zero-order valence-electron chi connectivity index (χ0n) is 54.5. The molecule has 15 nitrogen and oxygen atoms in total. The fourth-order valence-electron chi connectivity index (χ4n) is 9.40. The number of alkyl halides is 2. The van der Waals surface area contributed by atoms with E-state index in [1.165, 1.54) is 58.2 Å². The molecule has 3 heterocycles. The molecule has 492 valence electrons. The number of hydrogen-bond acceptors (Lipinski definition) is 15. The predicted octanol–water partition coefficient (Wildman–Crippen LogP) is 14.7. The lowest BCUT2D eigenvalue weighted by Crippen LogP contribution is -2.44. The number of phenolic OH excluding ortho intramolecular Hbond substituents is 1. The Morgan fingerprint density at radius 2 is 1.09 bits per heavy atom. The van der Waals surface area contributed by atoms with Crippen molar-refractivity contribution in [3.63, 3.8) is 0 Å². The molecule has 5 aromatic carbocycles. The largest absolute Gasteiger partial charge is 0.743 e. The minimum Gasteiger partial charge on any atom is -0.743 e. The third-order valence-electron chi connectivity index (χ3n) is 17.3. The number of fused-ring (bicyclic) bond motifs is 2. The molecule has 1 aliphatic carbocycles. The standard InChI is InChI=1S/C19H28O2.C18H15S.C13H18O5.C12H16O3.C9H16F2O5S/c1-5-18(2,3)17(20)21-19(4)13-9-8-11-15-10-6-7-12-16(15)14-19;1-4-10-16(11-5-1)19(17-12-6-2-7-13-17)18-14-8-3-9-15-18;1-4-13(2,3)12(15)18-9-7-5-6-8(16-7)10(9)17-11(6)14;1-4-12(2,3)11(14)15-10-7-5-9(13)6-8-10;1-5-8(3,4)7(12)16-6(2)9(10,11)17(13,14)15/h6-7,10,12H,5,8-9,11,13-14H2,1-4H3;1-15H;6-10H,4-5H2,1-3H3;5-8,13H,4H2,1-3H3;6H,5H2,1-4H3,(H,13,14,15)/q;+1;;;/p-1. The first-order valence-corrected chi connectivity index (χ1v) is 33.5. The molecule has 1 N–H and O–H groups in total. The number of rotatable bonds is 17. The van der Waals surface area contributed by atoms with Gasteiger partial charge in [-0.2, -0.15) is 8.78 Å². The molecule has 7 unspecified atom stereocenters. The van der Waals surface area contributed by atoms with Gasteiger partial charge in [-0.1, -0.05) is 107 Å². The Labute approximate surface area is 534 Å². The molecule has 7 atom stereocenters. The highest BCUT2D eigenvalue weighted by molar-refractivity contribution is 7.97. The molecule has 0 amide bonds. The Morgan fingerprint density at radius 3 is 1.57 bits per heavy atom. The lowest BCUT2D eigenvalue weighted by Gasteiger charge is -2.35. The Bertz CT molecular complexity index is 3170. The van der Waals surface area contributed by atoms with Crippen LogP contribution >= 0.6 is 0 Å². The van der Waals surface area contributed by atoms with Crippen molar-refractivity contribution in [1.29, 1.82) is 0 Å². The maximum Gasteiger partial charge on any atom is 0.369 e. The fraction of sp³-hybridized carbons (Fsp3) is 0.507. The lowest BCUT2D eigenvalue weighted by atomic mass is 9.83. The molecule has 9 rings (SSSR count). The normalized spacial score (nSPS) is 20.6. The number of ether oxygens (including phenoxy) is 6. The van der Waals surface area contributed by atoms with Crippen molar-refractivity contribution in [3.05, 3.63) is 151 Å². The van der Waals surface area contributed by atoms with Gasteiger partial charge in [-0.15, -0.1) is 0 Å². The van der Waals surface area contributed by atoms with Gasteiger partial charge in [0, 0.05) is 6.42 Å². The summed E-state index contributed by atoms with van der Waals surface area (Å²) in [4.78, 5) is 63.2. The number of halogens is 2. The van der Waals surface area contributed by atoms with Crippen molar-refractivity contribution in [3.8, 4) is 11.5 Å². The number of carbonyl (C=O) groups excluding carboxylic acids is 5. The van der Waals surface area contributed by atoms with Gasteiger partial charge in [0.15, 0.2) is 43.1 Å². The number of phenols is 1. The summed E-state index contributed by atoms with van der Waals surface area (Å²) in [5.41, 5.74) is -0.0278.